The van der Waals surface area contributed by atoms with Crippen LogP contribution < -0.4 is 5.73 Å². The minimum atomic E-state index is -5.08. The number of allylic oxidation sites excluding steroid dienone is 5. The second-order valence-electron chi connectivity index (χ2n) is 7.66. The van der Waals surface area contributed by atoms with Gasteiger partial charge >= 0.3 is 18.1 Å². The third-order valence-corrected chi connectivity index (χ3v) is 4.48. The highest BCUT2D eigenvalue weighted by molar-refractivity contribution is 5.73. The fourth-order valence-electron chi connectivity index (χ4n) is 2.83. The van der Waals surface area contributed by atoms with E-state index in [0.717, 1.165) is 12.8 Å². The van der Waals surface area contributed by atoms with Crippen molar-refractivity contribution in [3.63, 3.8) is 0 Å². The van der Waals surface area contributed by atoms with E-state index < -0.39 is 24.2 Å². The Bertz CT molecular complexity index is 684. The molecule has 184 valence electrons. The van der Waals surface area contributed by atoms with E-state index in [1.165, 1.54) is 11.1 Å². The monoisotopic (exact) mass is 465 g/mol. The van der Waals surface area contributed by atoms with Gasteiger partial charge in [-0.1, -0.05) is 42.4 Å². The number of methoxy groups -OCH3 is 1. The molecule has 0 aromatic rings. The molecule has 0 radical (unpaired) electrons. The van der Waals surface area contributed by atoms with Crippen LogP contribution in [-0.4, -0.2) is 61.8 Å². The van der Waals surface area contributed by atoms with Gasteiger partial charge in [0.2, 0.25) is 0 Å². The first-order valence-electron chi connectivity index (χ1n) is 10.1. The molecule has 1 aliphatic heterocycles. The van der Waals surface area contributed by atoms with Crippen molar-refractivity contribution in [2.45, 2.75) is 65.0 Å². The standard InChI is InChI=1S/C20H33NO4.C2HF3O2/c1-14(2)8-6-9-15(3)10-7-11-17-20(25-18(22)12-21)19(23-5)16(4)13-24-17;3-2(4,5)1(6)7/h7-8,10-11,16-17,19-20H,6,9,12-13,21H2,1-5H3;(H,6,7)/t16-,17-,19-,20-;/m0./s1. The van der Waals surface area contributed by atoms with E-state index in [0.29, 0.717) is 6.61 Å². The van der Waals surface area contributed by atoms with Gasteiger partial charge in [0.25, 0.3) is 0 Å². The predicted molar refractivity (Wildman–Crippen MR) is 114 cm³/mol. The van der Waals surface area contributed by atoms with Crippen molar-refractivity contribution >= 4 is 11.9 Å². The zero-order valence-electron chi connectivity index (χ0n) is 19.1. The van der Waals surface area contributed by atoms with Gasteiger partial charge in [0.15, 0.2) is 6.10 Å². The highest BCUT2D eigenvalue weighted by Crippen LogP contribution is 2.26. The van der Waals surface area contributed by atoms with E-state index >= 15 is 0 Å². The van der Waals surface area contributed by atoms with Gasteiger partial charge in [-0.3, -0.25) is 4.79 Å². The molecule has 0 aliphatic carbocycles. The van der Waals surface area contributed by atoms with Gasteiger partial charge in [-0.05, 0) is 33.6 Å². The number of rotatable bonds is 8. The van der Waals surface area contributed by atoms with Gasteiger partial charge in [0, 0.05) is 13.0 Å². The van der Waals surface area contributed by atoms with Gasteiger partial charge in [-0.15, -0.1) is 0 Å². The molecule has 1 fully saturated rings. The van der Waals surface area contributed by atoms with Gasteiger partial charge in [0.05, 0.1) is 13.2 Å². The molecule has 0 bridgehead atoms. The van der Waals surface area contributed by atoms with Crippen molar-refractivity contribution < 1.29 is 42.1 Å². The predicted octanol–water partition coefficient (Wildman–Crippen LogP) is 3.79. The Morgan fingerprint density at radius 2 is 1.81 bits per heavy atom. The Kier molecular flexibility index (Phi) is 13.8. The van der Waals surface area contributed by atoms with Crippen molar-refractivity contribution in [1.29, 1.82) is 0 Å². The molecule has 3 N–H and O–H groups in total. The zero-order valence-corrected chi connectivity index (χ0v) is 19.1. The number of hydrogen-bond acceptors (Lipinski definition) is 6. The van der Waals surface area contributed by atoms with Gasteiger partial charge in [-0.25, -0.2) is 4.79 Å². The SMILES string of the molecule is CO[C@@H]1[C@@H](OC(=O)CN)[C@H](C=CC=C(C)CCC=C(C)C)OC[C@@H]1C.O=C(O)C(F)(F)F. The lowest BCUT2D eigenvalue weighted by molar-refractivity contribution is -0.192. The van der Waals surface area contributed by atoms with Crippen LogP contribution in [0.4, 0.5) is 13.2 Å². The molecule has 32 heavy (non-hydrogen) atoms. The van der Waals surface area contributed by atoms with Gasteiger partial charge < -0.3 is 25.1 Å². The van der Waals surface area contributed by atoms with Crippen molar-refractivity contribution in [1.82, 2.24) is 0 Å². The molecular formula is C22H34F3NO6. The molecule has 0 aromatic heterocycles. The number of halogens is 3. The Balaban J connectivity index is 0.00000118. The van der Waals surface area contributed by atoms with Crippen molar-refractivity contribution in [3.05, 3.63) is 35.5 Å². The molecule has 1 aliphatic rings. The fraction of sp³-hybridized carbons (Fsp3) is 0.636. The van der Waals surface area contributed by atoms with Crippen LogP contribution in [0, 0.1) is 5.92 Å². The summed E-state index contributed by atoms with van der Waals surface area (Å²) in [4.78, 5) is 20.5. The molecule has 1 heterocycles. The number of carboxylic acids is 1. The zero-order chi connectivity index (χ0) is 24.9. The molecule has 0 unspecified atom stereocenters. The number of ether oxygens (including phenoxy) is 3. The summed E-state index contributed by atoms with van der Waals surface area (Å²) in [5, 5.41) is 7.12. The molecule has 1 saturated heterocycles. The average molecular weight is 466 g/mol. The summed E-state index contributed by atoms with van der Waals surface area (Å²) in [5.41, 5.74) is 8.00. The fourth-order valence-corrected chi connectivity index (χ4v) is 2.83. The van der Waals surface area contributed by atoms with Crippen LogP contribution in [0.15, 0.2) is 35.5 Å². The summed E-state index contributed by atoms with van der Waals surface area (Å²) in [6.07, 6.45) is 4.15. The Morgan fingerprint density at radius 1 is 1.22 bits per heavy atom. The van der Waals surface area contributed by atoms with Gasteiger partial charge in [-0.2, -0.15) is 13.2 Å². The minimum absolute atomic E-state index is 0.145. The molecule has 7 nitrogen and oxygen atoms in total. The van der Waals surface area contributed by atoms with Gasteiger partial charge in [0.1, 0.15) is 12.2 Å². The van der Waals surface area contributed by atoms with Crippen LogP contribution in [0.1, 0.15) is 40.5 Å². The number of alkyl halides is 3. The van der Waals surface area contributed by atoms with E-state index in [1.54, 1.807) is 7.11 Å². The van der Waals surface area contributed by atoms with Crippen molar-refractivity contribution in [3.8, 4) is 0 Å². The van der Waals surface area contributed by atoms with Crippen LogP contribution in [0.5, 0.6) is 0 Å². The molecule has 0 aromatic carbocycles. The van der Waals surface area contributed by atoms with Crippen molar-refractivity contribution in [2.24, 2.45) is 11.7 Å². The van der Waals surface area contributed by atoms with Crippen LogP contribution in [0.25, 0.3) is 0 Å². The quantitative estimate of drug-likeness (QED) is 0.319. The highest BCUT2D eigenvalue weighted by atomic mass is 19.4. The number of esters is 1. The maximum absolute atomic E-state index is 11.6. The number of carbonyl (C=O) groups excluding carboxylic acids is 1. The summed E-state index contributed by atoms with van der Waals surface area (Å²) < 4.78 is 48.6. The van der Waals surface area contributed by atoms with E-state index in [2.05, 4.69) is 32.9 Å². The van der Waals surface area contributed by atoms with Crippen LogP contribution >= 0.6 is 0 Å². The molecule has 10 heteroatoms. The number of nitrogens with two attached hydrogens (primary N) is 1. The molecular weight excluding hydrogens is 431 g/mol. The molecule has 0 amide bonds. The molecule has 0 saturated carbocycles. The maximum Gasteiger partial charge on any atom is 0.490 e. The average Bonchev–Trinajstić information content (AvgIpc) is 2.69. The summed E-state index contributed by atoms with van der Waals surface area (Å²) in [7, 11) is 1.63. The summed E-state index contributed by atoms with van der Waals surface area (Å²) in [6, 6.07) is 0. The third-order valence-electron chi connectivity index (χ3n) is 4.48. The van der Waals surface area contributed by atoms with Crippen molar-refractivity contribution in [2.75, 3.05) is 20.3 Å². The topological polar surface area (TPSA) is 108 Å². The molecule has 0 spiro atoms. The van der Waals surface area contributed by atoms with E-state index in [4.69, 9.17) is 29.8 Å². The highest BCUT2D eigenvalue weighted by Gasteiger charge is 2.40. The second kappa shape index (κ2) is 14.8. The lowest BCUT2D eigenvalue weighted by Crippen LogP contribution is -2.52. The molecule has 1 rings (SSSR count). The third kappa shape index (κ3) is 12.0. The van der Waals surface area contributed by atoms with Crippen LogP contribution in [-0.2, 0) is 23.8 Å². The first-order valence-corrected chi connectivity index (χ1v) is 10.1. The largest absolute Gasteiger partial charge is 0.490 e. The Hall–Kier alpha value is -2.17. The lowest BCUT2D eigenvalue weighted by atomic mass is 9.93. The Morgan fingerprint density at radius 3 is 2.28 bits per heavy atom. The van der Waals surface area contributed by atoms with E-state index in [1.807, 2.05) is 19.1 Å². The number of carboxylic acid groups (broad SMARTS) is 1. The maximum atomic E-state index is 11.6. The number of aliphatic carboxylic acids is 1. The normalized spacial score (nSPS) is 23.8. The van der Waals surface area contributed by atoms with E-state index in [-0.39, 0.29) is 24.7 Å². The molecule has 4 atom stereocenters. The minimum Gasteiger partial charge on any atom is -0.475 e. The smallest absolute Gasteiger partial charge is 0.475 e. The lowest BCUT2D eigenvalue weighted by Gasteiger charge is -2.39. The number of carbonyl (C=O) groups is 2. The Labute approximate surface area is 187 Å². The summed E-state index contributed by atoms with van der Waals surface area (Å²) >= 11 is 0. The van der Waals surface area contributed by atoms with Crippen LogP contribution in [0.3, 0.4) is 0 Å². The number of hydrogen-bond donors (Lipinski definition) is 2. The first kappa shape index (κ1) is 29.8. The second-order valence-corrected chi connectivity index (χ2v) is 7.66. The van der Waals surface area contributed by atoms with E-state index in [9.17, 15) is 18.0 Å². The first-order chi connectivity index (χ1) is 14.8. The summed E-state index contributed by atoms with van der Waals surface area (Å²) in [5.74, 6) is -3.06. The van der Waals surface area contributed by atoms with Crippen LogP contribution in [0.2, 0.25) is 0 Å². The summed E-state index contributed by atoms with van der Waals surface area (Å²) in [6.45, 7) is 8.75.